The molecular weight excluding hydrogens is 405 g/mol. The average molecular weight is 430 g/mol. The number of nitrogens with zero attached hydrogens (tertiary/aromatic N) is 5. The summed E-state index contributed by atoms with van der Waals surface area (Å²) in [6.45, 7) is 6.90. The number of aryl methyl sites for hydroxylation is 1. The highest BCUT2D eigenvalue weighted by Gasteiger charge is 2.17. The molecule has 0 aliphatic carbocycles. The first-order chi connectivity index (χ1) is 15.5. The van der Waals surface area contributed by atoms with Gasteiger partial charge in [0.15, 0.2) is 17.3 Å². The van der Waals surface area contributed by atoms with Gasteiger partial charge in [0, 0.05) is 40.9 Å². The third-order valence-electron chi connectivity index (χ3n) is 5.64. The Balaban J connectivity index is 1.50. The number of benzene rings is 1. The van der Waals surface area contributed by atoms with E-state index in [-0.39, 0.29) is 6.04 Å². The Morgan fingerprint density at radius 3 is 2.81 bits per heavy atom. The van der Waals surface area contributed by atoms with E-state index in [0.29, 0.717) is 34.9 Å². The van der Waals surface area contributed by atoms with Crippen LogP contribution in [0.15, 0.2) is 49.1 Å². The molecule has 8 heteroatoms. The van der Waals surface area contributed by atoms with E-state index < -0.39 is 5.82 Å². The van der Waals surface area contributed by atoms with Crippen LogP contribution in [0.2, 0.25) is 0 Å². The molecule has 4 aromatic heterocycles. The summed E-state index contributed by atoms with van der Waals surface area (Å²) in [5.74, 6) is 0.622. The lowest BCUT2D eigenvalue weighted by Gasteiger charge is -2.11. The second kappa shape index (κ2) is 8.03. The van der Waals surface area contributed by atoms with Gasteiger partial charge in [0.2, 0.25) is 0 Å². The molecule has 5 aromatic rings. The molecular formula is C24H24FN7. The number of aromatic amines is 1. The summed E-state index contributed by atoms with van der Waals surface area (Å²) in [5.41, 5.74) is 5.51. The Labute approximate surface area is 184 Å². The van der Waals surface area contributed by atoms with Crippen molar-refractivity contribution in [2.24, 2.45) is 0 Å². The number of fused-ring (bicyclic) bond motifs is 2. The molecule has 0 aliphatic rings. The number of aromatic nitrogens is 6. The van der Waals surface area contributed by atoms with E-state index in [1.54, 1.807) is 12.5 Å². The molecule has 0 amide bonds. The van der Waals surface area contributed by atoms with Crippen molar-refractivity contribution in [2.45, 2.75) is 33.2 Å². The number of anilines is 1. The Kier molecular flexibility index (Phi) is 5.05. The number of para-hydroxylation sites is 1. The van der Waals surface area contributed by atoms with Crippen molar-refractivity contribution >= 4 is 27.9 Å². The molecule has 0 unspecified atom stereocenters. The minimum absolute atomic E-state index is 0.176. The van der Waals surface area contributed by atoms with E-state index in [2.05, 4.69) is 69.2 Å². The number of hydrogen-bond donors (Lipinski definition) is 2. The molecule has 4 heterocycles. The second-order valence-corrected chi connectivity index (χ2v) is 8.16. The molecule has 7 nitrogen and oxygen atoms in total. The molecule has 0 bridgehead atoms. The monoisotopic (exact) mass is 429 g/mol. The topological polar surface area (TPSA) is 84.3 Å². The molecule has 0 saturated carbocycles. The fraction of sp³-hybridized carbons (Fsp3) is 0.250. The maximum Gasteiger partial charge on any atom is 0.166 e. The van der Waals surface area contributed by atoms with E-state index in [0.717, 1.165) is 17.6 Å². The lowest BCUT2D eigenvalue weighted by atomic mass is 10.1. The Morgan fingerprint density at radius 1 is 1.16 bits per heavy atom. The van der Waals surface area contributed by atoms with Crippen molar-refractivity contribution in [2.75, 3.05) is 11.9 Å². The summed E-state index contributed by atoms with van der Waals surface area (Å²) in [6.07, 6.45) is 5.33. The highest BCUT2D eigenvalue weighted by molar-refractivity contribution is 5.86. The standard InChI is InChI=1S/C24H24FN7/c1-14(2)32-13-28-21-23(30-22(31-24(21)32)16-10-17(25)12-26-11-16)27-9-8-18-15(3)29-20-7-5-4-6-19(18)20/h4-7,10-14,29H,8-9H2,1-3H3,(H,27,30,31). The lowest BCUT2D eigenvalue weighted by molar-refractivity contribution is 0.612. The molecule has 0 fully saturated rings. The van der Waals surface area contributed by atoms with Gasteiger partial charge in [-0.15, -0.1) is 0 Å². The van der Waals surface area contributed by atoms with Crippen molar-refractivity contribution in [3.63, 3.8) is 0 Å². The number of nitrogens with one attached hydrogen (secondary N) is 2. The summed E-state index contributed by atoms with van der Waals surface area (Å²) >= 11 is 0. The number of rotatable bonds is 6. The average Bonchev–Trinajstić information content (AvgIpc) is 3.35. The summed E-state index contributed by atoms with van der Waals surface area (Å²) in [7, 11) is 0. The normalized spacial score (nSPS) is 11.7. The summed E-state index contributed by atoms with van der Waals surface area (Å²) in [6, 6.07) is 9.88. The lowest BCUT2D eigenvalue weighted by Crippen LogP contribution is -2.09. The van der Waals surface area contributed by atoms with Crippen molar-refractivity contribution in [3.8, 4) is 11.4 Å². The van der Waals surface area contributed by atoms with Gasteiger partial charge in [0.05, 0.1) is 12.5 Å². The zero-order chi connectivity index (χ0) is 22.2. The zero-order valence-electron chi connectivity index (χ0n) is 18.2. The molecule has 0 saturated heterocycles. The van der Waals surface area contributed by atoms with Crippen molar-refractivity contribution in [1.29, 1.82) is 0 Å². The third-order valence-corrected chi connectivity index (χ3v) is 5.64. The van der Waals surface area contributed by atoms with E-state index in [4.69, 9.17) is 0 Å². The fourth-order valence-corrected chi connectivity index (χ4v) is 4.04. The zero-order valence-corrected chi connectivity index (χ0v) is 18.2. The maximum atomic E-state index is 13.8. The Hall–Kier alpha value is -3.81. The van der Waals surface area contributed by atoms with Crippen LogP contribution in [0, 0.1) is 12.7 Å². The number of pyridine rings is 1. The first-order valence-corrected chi connectivity index (χ1v) is 10.7. The first-order valence-electron chi connectivity index (χ1n) is 10.7. The highest BCUT2D eigenvalue weighted by Crippen LogP contribution is 2.27. The van der Waals surface area contributed by atoms with Gasteiger partial charge in [0.1, 0.15) is 11.3 Å². The molecule has 1 aromatic carbocycles. The van der Waals surface area contributed by atoms with Crippen LogP contribution in [-0.4, -0.2) is 36.0 Å². The number of imidazole rings is 1. The van der Waals surface area contributed by atoms with Gasteiger partial charge < -0.3 is 14.9 Å². The third kappa shape index (κ3) is 3.57. The van der Waals surface area contributed by atoms with Gasteiger partial charge in [-0.3, -0.25) is 4.98 Å². The van der Waals surface area contributed by atoms with Crippen LogP contribution in [0.1, 0.15) is 31.1 Å². The fourth-order valence-electron chi connectivity index (χ4n) is 4.04. The summed E-state index contributed by atoms with van der Waals surface area (Å²) in [4.78, 5) is 21.3. The highest BCUT2D eigenvalue weighted by atomic mass is 19.1. The predicted molar refractivity (Wildman–Crippen MR) is 124 cm³/mol. The summed E-state index contributed by atoms with van der Waals surface area (Å²) in [5, 5.41) is 4.67. The van der Waals surface area contributed by atoms with Gasteiger partial charge in [-0.05, 0) is 44.9 Å². The minimum atomic E-state index is -0.423. The van der Waals surface area contributed by atoms with Gasteiger partial charge in [-0.1, -0.05) is 18.2 Å². The van der Waals surface area contributed by atoms with Crippen LogP contribution in [0.4, 0.5) is 10.2 Å². The Morgan fingerprint density at radius 2 is 2.00 bits per heavy atom. The van der Waals surface area contributed by atoms with Crippen molar-refractivity contribution in [1.82, 2.24) is 29.5 Å². The molecule has 162 valence electrons. The van der Waals surface area contributed by atoms with Crippen molar-refractivity contribution in [3.05, 3.63) is 66.1 Å². The van der Waals surface area contributed by atoms with E-state index in [1.165, 1.54) is 23.2 Å². The van der Waals surface area contributed by atoms with E-state index in [9.17, 15) is 4.39 Å². The van der Waals surface area contributed by atoms with Crippen molar-refractivity contribution < 1.29 is 4.39 Å². The Bertz CT molecular complexity index is 1420. The minimum Gasteiger partial charge on any atom is -0.368 e. The van der Waals surface area contributed by atoms with Crippen LogP contribution in [0.25, 0.3) is 33.5 Å². The smallest absolute Gasteiger partial charge is 0.166 e. The largest absolute Gasteiger partial charge is 0.368 e. The van der Waals surface area contributed by atoms with Gasteiger partial charge in [0.25, 0.3) is 0 Å². The van der Waals surface area contributed by atoms with Crippen LogP contribution >= 0.6 is 0 Å². The molecule has 0 atom stereocenters. The number of hydrogen-bond acceptors (Lipinski definition) is 5. The molecule has 5 rings (SSSR count). The molecule has 0 aliphatic heterocycles. The predicted octanol–water partition coefficient (Wildman–Crippen LogP) is 5.05. The number of halogens is 1. The quantitative estimate of drug-likeness (QED) is 0.394. The SMILES string of the molecule is Cc1[nH]c2ccccc2c1CCNc1nc(-c2cncc(F)c2)nc2c1ncn2C(C)C. The molecule has 32 heavy (non-hydrogen) atoms. The van der Waals surface area contributed by atoms with Crippen LogP contribution in [-0.2, 0) is 6.42 Å². The van der Waals surface area contributed by atoms with E-state index >= 15 is 0 Å². The molecule has 0 radical (unpaired) electrons. The second-order valence-electron chi connectivity index (χ2n) is 8.16. The molecule has 0 spiro atoms. The van der Waals surface area contributed by atoms with Crippen LogP contribution in [0.5, 0.6) is 0 Å². The summed E-state index contributed by atoms with van der Waals surface area (Å²) < 4.78 is 15.8. The van der Waals surface area contributed by atoms with Crippen LogP contribution < -0.4 is 5.32 Å². The number of H-pyrrole nitrogens is 1. The van der Waals surface area contributed by atoms with Gasteiger partial charge in [-0.25, -0.2) is 19.3 Å². The van der Waals surface area contributed by atoms with Gasteiger partial charge in [-0.2, -0.15) is 0 Å². The maximum absolute atomic E-state index is 13.8. The first kappa shape index (κ1) is 20.1. The molecule has 2 N–H and O–H groups in total. The van der Waals surface area contributed by atoms with Crippen LogP contribution in [0.3, 0.4) is 0 Å². The van der Waals surface area contributed by atoms with Gasteiger partial charge >= 0.3 is 0 Å². The van der Waals surface area contributed by atoms with E-state index in [1.807, 2.05) is 10.6 Å².